The van der Waals surface area contributed by atoms with Crippen molar-refractivity contribution in [1.82, 2.24) is 14.1 Å². The predicted octanol–water partition coefficient (Wildman–Crippen LogP) is 2.76. The smallest absolute Gasteiger partial charge is 0.416 e. The average molecular weight is 490 g/mol. The number of carbonyl (C=O) groups is 2. The van der Waals surface area contributed by atoms with Gasteiger partial charge in [0, 0.05) is 31.7 Å². The number of piperidine rings is 2. The normalized spacial score (nSPS) is 25.1. The molecule has 3 saturated heterocycles. The molecule has 2 atom stereocenters. The molecule has 12 heteroatoms. The zero-order valence-corrected chi connectivity index (χ0v) is 18.8. The molecule has 33 heavy (non-hydrogen) atoms. The van der Waals surface area contributed by atoms with Gasteiger partial charge in [0.2, 0.25) is 5.91 Å². The summed E-state index contributed by atoms with van der Waals surface area (Å²) in [6.45, 7) is 1.93. The van der Waals surface area contributed by atoms with Crippen LogP contribution in [0.1, 0.15) is 31.2 Å². The third-order valence-electron chi connectivity index (χ3n) is 6.54. The van der Waals surface area contributed by atoms with Gasteiger partial charge in [-0.25, -0.2) is 4.79 Å². The molecule has 3 fully saturated rings. The maximum atomic E-state index is 13.1. The van der Waals surface area contributed by atoms with Crippen LogP contribution in [0.3, 0.4) is 0 Å². The van der Waals surface area contributed by atoms with Gasteiger partial charge >= 0.3 is 12.3 Å². The molecular formula is C21H26F3N3O5S. The van der Waals surface area contributed by atoms with Crippen LogP contribution >= 0.6 is 0 Å². The minimum absolute atomic E-state index is 0.0215. The van der Waals surface area contributed by atoms with Crippen LogP contribution in [0.15, 0.2) is 29.2 Å². The molecule has 1 aromatic carbocycles. The van der Waals surface area contributed by atoms with Gasteiger partial charge in [0.15, 0.2) is 15.3 Å². The predicted molar refractivity (Wildman–Crippen MR) is 110 cm³/mol. The van der Waals surface area contributed by atoms with Crippen LogP contribution in [-0.2, 0) is 30.3 Å². The third-order valence-corrected chi connectivity index (χ3v) is 8.40. The molecule has 2 amide bonds. The Bertz CT molecular complexity index is 951. The van der Waals surface area contributed by atoms with Crippen molar-refractivity contribution in [3.8, 4) is 0 Å². The quantitative estimate of drug-likeness (QED) is 0.607. The molecule has 0 aromatic heterocycles. The van der Waals surface area contributed by atoms with E-state index in [0.29, 0.717) is 58.0 Å². The second kappa shape index (κ2) is 9.22. The van der Waals surface area contributed by atoms with E-state index in [2.05, 4.69) is 0 Å². The van der Waals surface area contributed by atoms with Gasteiger partial charge in [-0.1, -0.05) is 10.3 Å². The lowest BCUT2D eigenvalue weighted by Gasteiger charge is -2.39. The Morgan fingerprint density at radius 1 is 1.12 bits per heavy atom. The number of halogens is 3. The number of carbonyl (C=O) groups excluding carboxylic acids is 2. The zero-order valence-electron chi connectivity index (χ0n) is 18.0. The third kappa shape index (κ3) is 5.02. The summed E-state index contributed by atoms with van der Waals surface area (Å²) < 4.78 is 71.2. The van der Waals surface area contributed by atoms with Crippen molar-refractivity contribution in [3.63, 3.8) is 0 Å². The van der Waals surface area contributed by atoms with E-state index < -0.39 is 33.0 Å². The van der Waals surface area contributed by atoms with E-state index in [1.807, 2.05) is 0 Å². The molecule has 3 heterocycles. The van der Waals surface area contributed by atoms with E-state index in [9.17, 15) is 31.5 Å². The molecule has 0 bridgehead atoms. The van der Waals surface area contributed by atoms with Gasteiger partial charge < -0.3 is 19.1 Å². The number of sulfonamides is 1. The van der Waals surface area contributed by atoms with Crippen molar-refractivity contribution in [1.29, 1.82) is 0 Å². The summed E-state index contributed by atoms with van der Waals surface area (Å²) in [7, 11) is -4.16. The molecule has 2 unspecified atom stereocenters. The van der Waals surface area contributed by atoms with Crippen LogP contribution in [0.4, 0.5) is 18.0 Å². The zero-order chi connectivity index (χ0) is 23.8. The van der Waals surface area contributed by atoms with E-state index in [-0.39, 0.29) is 31.1 Å². The summed E-state index contributed by atoms with van der Waals surface area (Å²) >= 11 is 0. The average Bonchev–Trinajstić information content (AvgIpc) is 3.24. The lowest BCUT2D eigenvalue weighted by molar-refractivity contribution is -0.138. The first kappa shape index (κ1) is 24.0. The number of amides is 2. The Balaban J connectivity index is 1.39. The molecule has 0 spiro atoms. The molecule has 8 nitrogen and oxygen atoms in total. The molecule has 3 aliphatic heterocycles. The number of cyclic esters (lactones) is 1. The first-order valence-corrected chi connectivity index (χ1v) is 12.4. The molecule has 4 rings (SSSR count). The molecule has 3 aliphatic rings. The van der Waals surface area contributed by atoms with E-state index >= 15 is 0 Å². The van der Waals surface area contributed by atoms with Gasteiger partial charge in [0.25, 0.3) is 0 Å². The van der Waals surface area contributed by atoms with Gasteiger partial charge in [-0.15, -0.1) is 4.31 Å². The highest BCUT2D eigenvalue weighted by atomic mass is 32.3. The minimum Gasteiger partial charge on any atom is -0.593 e. The highest BCUT2D eigenvalue weighted by molar-refractivity contribution is 7.95. The topological polar surface area (TPSA) is 93.2 Å². The first-order valence-electron chi connectivity index (χ1n) is 11.0. The molecule has 0 aliphatic carbocycles. The number of hydrogen-bond acceptors (Lipinski definition) is 5. The number of likely N-dealkylation sites (tertiary alicyclic amines) is 1. The Labute approximate surface area is 191 Å². The summed E-state index contributed by atoms with van der Waals surface area (Å²) in [5, 5.41) is 0. The van der Waals surface area contributed by atoms with Crippen molar-refractivity contribution in [3.05, 3.63) is 29.8 Å². The summed E-state index contributed by atoms with van der Waals surface area (Å²) in [5.74, 6) is -0.700. The van der Waals surface area contributed by atoms with E-state index in [1.54, 1.807) is 9.80 Å². The summed E-state index contributed by atoms with van der Waals surface area (Å²) in [6, 6.07) is 3.70. The van der Waals surface area contributed by atoms with Crippen LogP contribution in [0.5, 0.6) is 0 Å². The fourth-order valence-electron chi connectivity index (χ4n) is 4.74. The van der Waals surface area contributed by atoms with E-state index in [4.69, 9.17) is 4.74 Å². The second-order valence-corrected chi connectivity index (χ2v) is 10.5. The lowest BCUT2D eigenvalue weighted by atomic mass is 9.96. The first-order chi connectivity index (χ1) is 15.6. The minimum atomic E-state index is -4.65. The van der Waals surface area contributed by atoms with Crippen LogP contribution in [-0.4, -0.2) is 76.0 Å². The second-order valence-electron chi connectivity index (χ2n) is 8.59. The number of hydrogen-bond donors (Lipinski definition) is 0. The highest BCUT2D eigenvalue weighted by Crippen LogP contribution is 2.34. The van der Waals surface area contributed by atoms with Gasteiger partial charge in [0.05, 0.1) is 24.6 Å². The summed E-state index contributed by atoms with van der Waals surface area (Å²) in [6.07, 6.45) is -2.76. The molecule has 0 saturated carbocycles. The standard InChI is InChI=1S/C21H26F3N3O5S/c22-21(23,24)16-4-1-5-18(13-16)33(30,31)26-8-2-3-15(14-26)19(28)25-9-6-17(7-10-25)27-11-12-32-20(27)29/h1,4-5,13,15,17H,2-3,6-12,14H2. The van der Waals surface area contributed by atoms with Crippen molar-refractivity contribution in [2.45, 2.75) is 42.8 Å². The maximum Gasteiger partial charge on any atom is 0.416 e. The SMILES string of the molecule is O=C(C1CCCN([S+](=O)([O-])c2cccc(C(F)(F)F)c2)C1)N1CCC(N2CCOC2=O)CC1. The maximum absolute atomic E-state index is 13.1. The van der Waals surface area contributed by atoms with Gasteiger partial charge in [0.1, 0.15) is 6.61 Å². The fraction of sp³-hybridized carbons (Fsp3) is 0.619. The Morgan fingerprint density at radius 3 is 2.48 bits per heavy atom. The number of alkyl halides is 3. The number of ether oxygens (including phenoxy) is 1. The fourth-order valence-corrected chi connectivity index (χ4v) is 6.31. The van der Waals surface area contributed by atoms with Crippen molar-refractivity contribution in [2.24, 2.45) is 5.92 Å². The largest absolute Gasteiger partial charge is 0.593 e. The van der Waals surface area contributed by atoms with Crippen LogP contribution in [0.2, 0.25) is 0 Å². The van der Waals surface area contributed by atoms with Crippen molar-refractivity contribution in [2.75, 3.05) is 39.3 Å². The number of benzene rings is 1. The molecular weight excluding hydrogens is 463 g/mol. The molecule has 0 radical (unpaired) electrons. The molecule has 1 aromatic rings. The van der Waals surface area contributed by atoms with Crippen LogP contribution in [0.25, 0.3) is 0 Å². The molecule has 0 N–H and O–H groups in total. The summed E-state index contributed by atoms with van der Waals surface area (Å²) in [4.78, 5) is 27.8. The number of nitrogens with zero attached hydrogens (tertiary/aromatic N) is 3. The Morgan fingerprint density at radius 2 is 1.85 bits per heavy atom. The van der Waals surface area contributed by atoms with E-state index in [1.165, 1.54) is 0 Å². The van der Waals surface area contributed by atoms with Gasteiger partial charge in [-0.05, 0) is 37.8 Å². The Hall–Kier alpha value is -2.18. The van der Waals surface area contributed by atoms with Crippen molar-refractivity contribution < 1.29 is 36.3 Å². The number of rotatable bonds is 4. The van der Waals surface area contributed by atoms with Crippen LogP contribution < -0.4 is 0 Å². The highest BCUT2D eigenvalue weighted by Gasteiger charge is 2.41. The summed E-state index contributed by atoms with van der Waals surface area (Å²) in [5.41, 5.74) is -1.03. The lowest BCUT2D eigenvalue weighted by Crippen LogP contribution is -2.52. The van der Waals surface area contributed by atoms with Crippen LogP contribution in [0, 0.1) is 5.92 Å². The molecule has 182 valence electrons. The van der Waals surface area contributed by atoms with Crippen molar-refractivity contribution >= 4 is 22.4 Å². The van der Waals surface area contributed by atoms with E-state index in [0.717, 1.165) is 22.5 Å². The van der Waals surface area contributed by atoms with Gasteiger partial charge in [-0.3, -0.25) is 4.79 Å². The monoisotopic (exact) mass is 489 g/mol. The van der Waals surface area contributed by atoms with Gasteiger partial charge in [-0.2, -0.15) is 13.2 Å². The Kier molecular flexibility index (Phi) is 6.70.